The third-order valence-corrected chi connectivity index (χ3v) is 5.06. The van der Waals surface area contributed by atoms with E-state index in [2.05, 4.69) is 13.8 Å². The van der Waals surface area contributed by atoms with Gasteiger partial charge in [0.25, 0.3) is 0 Å². The number of fused-ring (bicyclic) bond motifs is 2. The van der Waals surface area contributed by atoms with Crippen molar-refractivity contribution in [3.8, 4) is 0 Å². The van der Waals surface area contributed by atoms with E-state index in [1.807, 2.05) is 20.8 Å². The fourth-order valence-corrected chi connectivity index (χ4v) is 3.44. The SMILES string of the molecule is CC(C)CN1C(=O)C2CCC(C)(C1=O)C2(C)C. The minimum absolute atomic E-state index is 0.0314. The Balaban J connectivity index is 2.39. The van der Waals surface area contributed by atoms with Crippen molar-refractivity contribution in [3.05, 3.63) is 0 Å². The third kappa shape index (κ3) is 1.47. The Hall–Kier alpha value is -0.860. The largest absolute Gasteiger partial charge is 0.282 e. The fourth-order valence-electron chi connectivity index (χ4n) is 3.44. The summed E-state index contributed by atoms with van der Waals surface area (Å²) < 4.78 is 0. The molecule has 0 aromatic rings. The third-order valence-electron chi connectivity index (χ3n) is 5.06. The zero-order valence-corrected chi connectivity index (χ0v) is 11.5. The Labute approximate surface area is 104 Å². The molecule has 2 atom stereocenters. The van der Waals surface area contributed by atoms with E-state index in [9.17, 15) is 9.59 Å². The first-order valence-electron chi connectivity index (χ1n) is 6.57. The van der Waals surface area contributed by atoms with E-state index in [4.69, 9.17) is 0 Å². The van der Waals surface area contributed by atoms with Crippen LogP contribution >= 0.6 is 0 Å². The highest BCUT2D eigenvalue weighted by Gasteiger charge is 2.64. The second kappa shape index (κ2) is 3.56. The van der Waals surface area contributed by atoms with Crippen LogP contribution in [0.25, 0.3) is 0 Å². The predicted octanol–water partition coefficient (Wildman–Crippen LogP) is 2.45. The lowest BCUT2D eigenvalue weighted by atomic mass is 9.62. The van der Waals surface area contributed by atoms with E-state index in [1.54, 1.807) is 0 Å². The zero-order valence-electron chi connectivity index (χ0n) is 11.5. The molecule has 0 radical (unpaired) electrons. The van der Waals surface area contributed by atoms with Gasteiger partial charge in [-0.3, -0.25) is 14.5 Å². The maximum Gasteiger partial charge on any atom is 0.235 e. The summed E-state index contributed by atoms with van der Waals surface area (Å²) in [6.07, 6.45) is 1.71. The van der Waals surface area contributed by atoms with Crippen LogP contribution in [0.4, 0.5) is 0 Å². The number of piperidine rings is 1. The molecule has 2 unspecified atom stereocenters. The number of carbonyl (C=O) groups is 2. The first-order valence-corrected chi connectivity index (χ1v) is 6.57. The molecular formula is C14H23NO2. The summed E-state index contributed by atoms with van der Waals surface area (Å²) in [5.41, 5.74) is -0.533. The van der Waals surface area contributed by atoms with Gasteiger partial charge in [0, 0.05) is 12.5 Å². The maximum absolute atomic E-state index is 12.6. The highest BCUT2D eigenvalue weighted by atomic mass is 16.2. The van der Waals surface area contributed by atoms with E-state index in [0.717, 1.165) is 12.8 Å². The molecule has 0 spiro atoms. The summed E-state index contributed by atoms with van der Waals surface area (Å²) >= 11 is 0. The molecule has 2 aliphatic rings. The molecule has 96 valence electrons. The van der Waals surface area contributed by atoms with E-state index in [-0.39, 0.29) is 28.6 Å². The lowest BCUT2D eigenvalue weighted by Gasteiger charge is -2.48. The molecule has 17 heavy (non-hydrogen) atoms. The summed E-state index contributed by atoms with van der Waals surface area (Å²) in [4.78, 5) is 26.5. The highest BCUT2D eigenvalue weighted by molar-refractivity contribution is 6.03. The van der Waals surface area contributed by atoms with Gasteiger partial charge in [-0.05, 0) is 24.2 Å². The van der Waals surface area contributed by atoms with Crippen molar-refractivity contribution in [1.82, 2.24) is 4.90 Å². The van der Waals surface area contributed by atoms with Crippen LogP contribution in [0.1, 0.15) is 47.5 Å². The monoisotopic (exact) mass is 237 g/mol. The number of imide groups is 1. The maximum atomic E-state index is 12.6. The summed E-state index contributed by atoms with van der Waals surface area (Å²) in [6.45, 7) is 10.9. The van der Waals surface area contributed by atoms with Gasteiger partial charge in [0.15, 0.2) is 0 Å². The predicted molar refractivity (Wildman–Crippen MR) is 66.2 cm³/mol. The van der Waals surface area contributed by atoms with E-state index >= 15 is 0 Å². The Bertz CT molecular complexity index is 372. The Morgan fingerprint density at radius 2 is 1.88 bits per heavy atom. The van der Waals surface area contributed by atoms with E-state index in [0.29, 0.717) is 12.5 Å². The molecule has 1 saturated heterocycles. The molecule has 3 heteroatoms. The van der Waals surface area contributed by atoms with Crippen molar-refractivity contribution >= 4 is 11.8 Å². The van der Waals surface area contributed by atoms with Gasteiger partial charge >= 0.3 is 0 Å². The van der Waals surface area contributed by atoms with Crippen molar-refractivity contribution < 1.29 is 9.59 Å². The quantitative estimate of drug-likeness (QED) is 0.692. The molecule has 3 nitrogen and oxygen atoms in total. The van der Waals surface area contributed by atoms with Crippen molar-refractivity contribution in [2.24, 2.45) is 22.7 Å². The summed E-state index contributed by atoms with van der Waals surface area (Å²) in [5, 5.41) is 0. The Morgan fingerprint density at radius 3 is 2.41 bits per heavy atom. The number of rotatable bonds is 2. The van der Waals surface area contributed by atoms with Crippen molar-refractivity contribution in [1.29, 1.82) is 0 Å². The molecule has 2 fully saturated rings. The van der Waals surface area contributed by atoms with E-state index < -0.39 is 0 Å². The van der Waals surface area contributed by atoms with Crippen LogP contribution in [-0.4, -0.2) is 23.3 Å². The summed E-state index contributed by atoms with van der Waals surface area (Å²) in [5.74, 6) is 0.481. The second-order valence-corrected chi connectivity index (χ2v) is 6.79. The van der Waals surface area contributed by atoms with Crippen molar-refractivity contribution in [2.75, 3.05) is 6.54 Å². The van der Waals surface area contributed by atoms with Gasteiger partial charge in [-0.2, -0.15) is 0 Å². The summed E-state index contributed by atoms with van der Waals surface area (Å²) in [7, 11) is 0. The average Bonchev–Trinajstić information content (AvgIpc) is 2.40. The number of hydrogen-bond acceptors (Lipinski definition) is 2. The molecule has 2 rings (SSSR count). The zero-order chi connectivity index (χ0) is 13.0. The van der Waals surface area contributed by atoms with Crippen LogP contribution in [-0.2, 0) is 9.59 Å². The van der Waals surface area contributed by atoms with Gasteiger partial charge in [0.2, 0.25) is 11.8 Å². The molecule has 1 heterocycles. The molecule has 2 amide bonds. The topological polar surface area (TPSA) is 37.4 Å². The molecular weight excluding hydrogens is 214 g/mol. The van der Waals surface area contributed by atoms with Crippen molar-refractivity contribution in [3.63, 3.8) is 0 Å². The number of amides is 2. The molecule has 0 aromatic heterocycles. The number of nitrogens with zero attached hydrogens (tertiary/aromatic N) is 1. The Kier molecular flexibility index (Phi) is 2.64. The molecule has 0 N–H and O–H groups in total. The average molecular weight is 237 g/mol. The van der Waals surface area contributed by atoms with Crippen LogP contribution in [0.5, 0.6) is 0 Å². The van der Waals surface area contributed by atoms with Gasteiger partial charge in [-0.25, -0.2) is 0 Å². The summed E-state index contributed by atoms with van der Waals surface area (Å²) in [6, 6.07) is 0. The molecule has 1 saturated carbocycles. The lowest BCUT2D eigenvalue weighted by molar-refractivity contribution is -0.168. The first-order chi connectivity index (χ1) is 7.72. The fraction of sp³-hybridized carbons (Fsp3) is 0.857. The second-order valence-electron chi connectivity index (χ2n) is 6.79. The first kappa shape index (κ1) is 12.6. The van der Waals surface area contributed by atoms with Gasteiger partial charge in [-0.15, -0.1) is 0 Å². The van der Waals surface area contributed by atoms with E-state index in [1.165, 1.54) is 4.90 Å². The highest BCUT2D eigenvalue weighted by Crippen LogP contribution is 2.60. The number of carbonyl (C=O) groups excluding carboxylic acids is 2. The van der Waals surface area contributed by atoms with Gasteiger partial charge in [0.05, 0.1) is 5.41 Å². The standard InChI is InChI=1S/C14H23NO2/c1-9(2)8-15-11(16)10-6-7-14(5,12(15)17)13(10,3)4/h9-10H,6-8H2,1-5H3. The van der Waals surface area contributed by atoms with Crippen LogP contribution in [0.3, 0.4) is 0 Å². The van der Waals surface area contributed by atoms with Crippen LogP contribution in [0.15, 0.2) is 0 Å². The van der Waals surface area contributed by atoms with Gasteiger partial charge < -0.3 is 0 Å². The number of likely N-dealkylation sites (tertiary alicyclic amines) is 1. The minimum atomic E-state index is -0.347. The smallest absolute Gasteiger partial charge is 0.235 e. The molecule has 1 aliphatic heterocycles. The van der Waals surface area contributed by atoms with Crippen LogP contribution in [0.2, 0.25) is 0 Å². The minimum Gasteiger partial charge on any atom is -0.282 e. The molecule has 0 aromatic carbocycles. The molecule has 1 aliphatic carbocycles. The Morgan fingerprint density at radius 1 is 1.29 bits per heavy atom. The normalized spacial score (nSPS) is 35.9. The number of hydrogen-bond donors (Lipinski definition) is 0. The van der Waals surface area contributed by atoms with Crippen LogP contribution < -0.4 is 0 Å². The van der Waals surface area contributed by atoms with Gasteiger partial charge in [-0.1, -0.05) is 34.6 Å². The van der Waals surface area contributed by atoms with Crippen LogP contribution in [0, 0.1) is 22.7 Å². The van der Waals surface area contributed by atoms with Crippen molar-refractivity contribution in [2.45, 2.75) is 47.5 Å². The van der Waals surface area contributed by atoms with Gasteiger partial charge in [0.1, 0.15) is 0 Å². The molecule has 2 bridgehead atoms. The lowest BCUT2D eigenvalue weighted by Crippen LogP contribution is -2.59.